The lowest BCUT2D eigenvalue weighted by atomic mass is 9.99. The van der Waals surface area contributed by atoms with Gasteiger partial charge in [0.25, 0.3) is 0 Å². The first-order valence-electron chi connectivity index (χ1n) is 10.7. The van der Waals surface area contributed by atoms with Crippen molar-refractivity contribution in [2.75, 3.05) is 13.1 Å². The van der Waals surface area contributed by atoms with E-state index in [4.69, 9.17) is 4.74 Å². The van der Waals surface area contributed by atoms with Gasteiger partial charge in [0, 0.05) is 11.0 Å². The zero-order valence-electron chi connectivity index (χ0n) is 18.0. The van der Waals surface area contributed by atoms with Gasteiger partial charge in [-0.15, -0.1) is 0 Å². The van der Waals surface area contributed by atoms with E-state index in [0.717, 1.165) is 54.4 Å². The van der Waals surface area contributed by atoms with Crippen LogP contribution in [-0.4, -0.2) is 28.9 Å². The highest BCUT2D eigenvalue weighted by molar-refractivity contribution is 9.10. The van der Waals surface area contributed by atoms with Crippen LogP contribution in [0, 0.1) is 6.92 Å². The van der Waals surface area contributed by atoms with Crippen molar-refractivity contribution in [2.45, 2.75) is 53.0 Å². The first kappa shape index (κ1) is 22.6. The first-order chi connectivity index (χ1) is 14.4. The number of ether oxygens (including phenoxy) is 1. The molecule has 0 atom stereocenters. The summed E-state index contributed by atoms with van der Waals surface area (Å²) in [5.41, 5.74) is 2.90. The Bertz CT molecular complexity index is 926. The SMILES string of the molecule is CCCCN(CCCC)Cc1c(O)cc(C)c2c1O/C(=C/c1ccc(Br)cc1)C2=O. The number of hydrogen-bond acceptors (Lipinski definition) is 4. The number of nitrogens with zero attached hydrogens (tertiary/aromatic N) is 1. The van der Waals surface area contributed by atoms with Gasteiger partial charge in [-0.05, 0) is 68.3 Å². The molecular weight excluding hydrogens is 442 g/mol. The molecule has 0 spiro atoms. The van der Waals surface area contributed by atoms with E-state index in [9.17, 15) is 9.90 Å². The van der Waals surface area contributed by atoms with Crippen molar-refractivity contribution in [2.24, 2.45) is 0 Å². The number of ketones is 1. The largest absolute Gasteiger partial charge is 0.507 e. The third-order valence-electron chi connectivity index (χ3n) is 5.43. The Hall–Kier alpha value is -2.11. The van der Waals surface area contributed by atoms with Crippen LogP contribution in [0.15, 0.2) is 40.6 Å². The molecule has 0 radical (unpaired) electrons. The van der Waals surface area contributed by atoms with Crippen LogP contribution < -0.4 is 4.74 Å². The number of halogens is 1. The average Bonchev–Trinajstić information content (AvgIpc) is 3.04. The molecule has 160 valence electrons. The first-order valence-corrected chi connectivity index (χ1v) is 11.5. The van der Waals surface area contributed by atoms with Gasteiger partial charge in [0.15, 0.2) is 5.76 Å². The highest BCUT2D eigenvalue weighted by atomic mass is 79.9. The van der Waals surface area contributed by atoms with Crippen molar-refractivity contribution in [1.29, 1.82) is 0 Å². The van der Waals surface area contributed by atoms with E-state index in [0.29, 0.717) is 29.2 Å². The van der Waals surface area contributed by atoms with E-state index in [-0.39, 0.29) is 11.5 Å². The van der Waals surface area contributed by atoms with Gasteiger partial charge in [-0.2, -0.15) is 0 Å². The van der Waals surface area contributed by atoms with Gasteiger partial charge in [0.1, 0.15) is 11.5 Å². The maximum atomic E-state index is 13.1. The average molecular weight is 472 g/mol. The minimum atomic E-state index is -0.125. The monoisotopic (exact) mass is 471 g/mol. The Morgan fingerprint density at radius 1 is 1.10 bits per heavy atom. The van der Waals surface area contributed by atoms with Crippen LogP contribution >= 0.6 is 15.9 Å². The summed E-state index contributed by atoms with van der Waals surface area (Å²) in [6.45, 7) is 8.72. The summed E-state index contributed by atoms with van der Waals surface area (Å²) < 4.78 is 7.05. The molecule has 1 heterocycles. The number of phenolic OH excluding ortho intramolecular Hbond substituents is 1. The topological polar surface area (TPSA) is 49.8 Å². The number of carbonyl (C=O) groups excluding carboxylic acids is 1. The second-order valence-electron chi connectivity index (χ2n) is 7.87. The predicted octanol–water partition coefficient (Wildman–Crippen LogP) is 6.48. The second kappa shape index (κ2) is 10.3. The smallest absolute Gasteiger partial charge is 0.232 e. The van der Waals surface area contributed by atoms with Crippen molar-refractivity contribution in [3.8, 4) is 11.5 Å². The highest BCUT2D eigenvalue weighted by Crippen LogP contribution is 2.42. The van der Waals surface area contributed by atoms with Gasteiger partial charge >= 0.3 is 0 Å². The number of aromatic hydroxyl groups is 1. The van der Waals surface area contributed by atoms with E-state index in [1.165, 1.54) is 0 Å². The molecule has 0 fully saturated rings. The summed E-state index contributed by atoms with van der Waals surface area (Å²) in [5, 5.41) is 10.7. The van der Waals surface area contributed by atoms with Gasteiger partial charge in [0.2, 0.25) is 5.78 Å². The van der Waals surface area contributed by atoms with Gasteiger partial charge in [0.05, 0.1) is 11.1 Å². The second-order valence-corrected chi connectivity index (χ2v) is 8.79. The third kappa shape index (κ3) is 5.13. The summed E-state index contributed by atoms with van der Waals surface area (Å²) in [4.78, 5) is 15.4. The van der Waals surface area contributed by atoms with Gasteiger partial charge in [-0.3, -0.25) is 9.69 Å². The Balaban J connectivity index is 1.94. The molecule has 2 aromatic rings. The van der Waals surface area contributed by atoms with E-state index >= 15 is 0 Å². The van der Waals surface area contributed by atoms with E-state index in [1.807, 2.05) is 31.2 Å². The molecule has 0 saturated carbocycles. The highest BCUT2D eigenvalue weighted by Gasteiger charge is 2.33. The lowest BCUT2D eigenvalue weighted by molar-refractivity contribution is 0.101. The van der Waals surface area contributed by atoms with Crippen LogP contribution in [0.5, 0.6) is 11.5 Å². The number of hydrogen-bond donors (Lipinski definition) is 1. The fourth-order valence-electron chi connectivity index (χ4n) is 3.70. The van der Waals surface area contributed by atoms with E-state index < -0.39 is 0 Å². The molecule has 1 aliphatic heterocycles. The van der Waals surface area contributed by atoms with Crippen molar-refractivity contribution in [1.82, 2.24) is 4.90 Å². The van der Waals surface area contributed by atoms with Crippen molar-refractivity contribution < 1.29 is 14.6 Å². The summed E-state index contributed by atoms with van der Waals surface area (Å²) in [5.74, 6) is 0.886. The summed E-state index contributed by atoms with van der Waals surface area (Å²) >= 11 is 3.43. The minimum absolute atomic E-state index is 0.125. The van der Waals surface area contributed by atoms with Crippen LogP contribution in [-0.2, 0) is 6.54 Å². The molecule has 0 bridgehead atoms. The molecule has 0 aromatic heterocycles. The third-order valence-corrected chi connectivity index (χ3v) is 5.95. The number of phenols is 1. The molecular formula is C25H30BrNO3. The Kier molecular flexibility index (Phi) is 7.73. The summed E-state index contributed by atoms with van der Waals surface area (Å²) in [6, 6.07) is 9.41. The number of rotatable bonds is 9. The normalized spacial score (nSPS) is 14.4. The number of carbonyl (C=O) groups is 1. The number of allylic oxidation sites excluding steroid dienone is 1. The summed E-state index contributed by atoms with van der Waals surface area (Å²) in [6.07, 6.45) is 6.21. The molecule has 1 N–H and O–H groups in total. The van der Waals surface area contributed by atoms with Crippen LogP contribution in [0.3, 0.4) is 0 Å². The molecule has 3 rings (SSSR count). The van der Waals surface area contributed by atoms with Crippen LogP contribution in [0.1, 0.15) is 66.6 Å². The number of aryl methyl sites for hydroxylation is 1. The quantitative estimate of drug-likeness (QED) is 0.425. The molecule has 0 amide bonds. The van der Waals surface area contributed by atoms with Crippen molar-refractivity contribution >= 4 is 27.8 Å². The van der Waals surface area contributed by atoms with Gasteiger partial charge in [-0.1, -0.05) is 54.8 Å². The number of benzene rings is 2. The molecule has 30 heavy (non-hydrogen) atoms. The van der Waals surface area contributed by atoms with E-state index in [1.54, 1.807) is 12.1 Å². The lowest BCUT2D eigenvalue weighted by Crippen LogP contribution is -2.26. The molecule has 0 unspecified atom stereocenters. The van der Waals surface area contributed by atoms with Gasteiger partial charge in [-0.25, -0.2) is 0 Å². The predicted molar refractivity (Wildman–Crippen MR) is 125 cm³/mol. The maximum absolute atomic E-state index is 13.1. The van der Waals surface area contributed by atoms with E-state index in [2.05, 4.69) is 34.7 Å². The Labute approximate surface area is 187 Å². The molecule has 2 aromatic carbocycles. The van der Waals surface area contributed by atoms with Crippen molar-refractivity contribution in [3.63, 3.8) is 0 Å². The zero-order chi connectivity index (χ0) is 21.7. The molecule has 0 saturated heterocycles. The molecule has 5 heteroatoms. The molecule has 0 aliphatic carbocycles. The number of unbranched alkanes of at least 4 members (excludes halogenated alkanes) is 2. The Morgan fingerprint density at radius 3 is 2.33 bits per heavy atom. The molecule has 4 nitrogen and oxygen atoms in total. The number of fused-ring (bicyclic) bond motifs is 1. The van der Waals surface area contributed by atoms with Crippen LogP contribution in [0.25, 0.3) is 6.08 Å². The molecule has 1 aliphatic rings. The van der Waals surface area contributed by atoms with Crippen LogP contribution in [0.2, 0.25) is 0 Å². The van der Waals surface area contributed by atoms with Gasteiger partial charge < -0.3 is 9.84 Å². The Morgan fingerprint density at radius 2 is 1.73 bits per heavy atom. The fourth-order valence-corrected chi connectivity index (χ4v) is 3.96. The maximum Gasteiger partial charge on any atom is 0.232 e. The van der Waals surface area contributed by atoms with Crippen molar-refractivity contribution in [3.05, 3.63) is 62.8 Å². The lowest BCUT2D eigenvalue weighted by Gasteiger charge is -2.23. The summed E-state index contributed by atoms with van der Waals surface area (Å²) in [7, 11) is 0. The number of Topliss-reactive ketones (excluding diaryl/α,β-unsaturated/α-hetero) is 1. The minimum Gasteiger partial charge on any atom is -0.507 e. The standard InChI is InChI=1S/C25H30BrNO3/c1-4-6-12-27(13-7-5-2)16-20-21(28)14-17(3)23-24(29)22(30-25(20)23)15-18-8-10-19(26)11-9-18/h8-11,14-15,28H,4-7,12-13,16H2,1-3H3/b22-15+. The van der Waals surface area contributed by atoms with Crippen LogP contribution in [0.4, 0.5) is 0 Å². The fraction of sp³-hybridized carbons (Fsp3) is 0.400. The zero-order valence-corrected chi connectivity index (χ0v) is 19.6.